The Morgan fingerprint density at radius 2 is 2.23 bits per heavy atom. The minimum absolute atomic E-state index is 0.159. The van der Waals surface area contributed by atoms with Crippen molar-refractivity contribution in [3.63, 3.8) is 0 Å². The van der Waals surface area contributed by atoms with Gasteiger partial charge in [-0.2, -0.15) is 5.26 Å². The molecule has 0 fully saturated rings. The molecule has 0 spiro atoms. The minimum atomic E-state index is -1.34. The van der Waals surface area contributed by atoms with Crippen LogP contribution in [0.4, 0.5) is 8.78 Å². The zero-order valence-corrected chi connectivity index (χ0v) is 6.80. The smallest absolute Gasteiger partial charge is 0.140 e. The van der Waals surface area contributed by atoms with E-state index in [0.717, 1.165) is 6.07 Å². The average Bonchev–Trinajstić information content (AvgIpc) is 2.17. The van der Waals surface area contributed by atoms with Crippen LogP contribution in [0, 0.1) is 17.1 Å². The Morgan fingerprint density at radius 3 is 2.77 bits per heavy atom. The van der Waals surface area contributed by atoms with E-state index >= 15 is 0 Å². The lowest BCUT2D eigenvalue weighted by Gasteiger charge is -2.05. The van der Waals surface area contributed by atoms with Crippen LogP contribution >= 0.6 is 0 Å². The average molecular weight is 182 g/mol. The monoisotopic (exact) mass is 182 g/mol. The van der Waals surface area contributed by atoms with Gasteiger partial charge in [0.15, 0.2) is 0 Å². The molecule has 2 N–H and O–H groups in total. The van der Waals surface area contributed by atoms with E-state index in [2.05, 4.69) is 0 Å². The van der Waals surface area contributed by atoms with Crippen LogP contribution < -0.4 is 5.73 Å². The number of nitriles is 1. The van der Waals surface area contributed by atoms with Gasteiger partial charge in [0.2, 0.25) is 0 Å². The van der Waals surface area contributed by atoms with E-state index in [4.69, 9.17) is 11.0 Å². The minimum Gasteiger partial charge on any atom is -0.327 e. The molecule has 1 aromatic rings. The highest BCUT2D eigenvalue weighted by molar-refractivity contribution is 5.35. The number of halogens is 2. The maximum atomic E-state index is 13.0. The summed E-state index contributed by atoms with van der Waals surface area (Å²) in [6.07, 6.45) is -1.34. The molecule has 0 aliphatic rings. The Kier molecular flexibility index (Phi) is 2.93. The van der Waals surface area contributed by atoms with Gasteiger partial charge in [-0.05, 0) is 17.7 Å². The molecule has 0 radical (unpaired) electrons. The van der Waals surface area contributed by atoms with Crippen molar-refractivity contribution in [2.75, 3.05) is 6.54 Å². The molecule has 2 nitrogen and oxygen atoms in total. The van der Waals surface area contributed by atoms with Crippen molar-refractivity contribution >= 4 is 0 Å². The van der Waals surface area contributed by atoms with E-state index < -0.39 is 12.0 Å². The van der Waals surface area contributed by atoms with Crippen LogP contribution in [0.5, 0.6) is 0 Å². The zero-order valence-electron chi connectivity index (χ0n) is 6.80. The summed E-state index contributed by atoms with van der Waals surface area (Å²) >= 11 is 0. The molecular formula is C9H8F2N2. The Labute approximate surface area is 74.6 Å². The normalized spacial score (nSPS) is 12.2. The largest absolute Gasteiger partial charge is 0.327 e. The SMILES string of the molecule is N#Cc1cc(C(F)CN)ccc1F. The molecule has 1 aromatic carbocycles. The predicted molar refractivity (Wildman–Crippen MR) is 44.0 cm³/mol. The Hall–Kier alpha value is -1.47. The first-order chi connectivity index (χ1) is 6.19. The summed E-state index contributed by atoms with van der Waals surface area (Å²) in [6.45, 7) is -0.170. The second-order valence-electron chi connectivity index (χ2n) is 2.55. The first-order valence-electron chi connectivity index (χ1n) is 3.72. The lowest BCUT2D eigenvalue weighted by molar-refractivity contribution is 0.352. The molecule has 1 unspecified atom stereocenters. The van der Waals surface area contributed by atoms with Crippen molar-refractivity contribution in [1.29, 1.82) is 5.26 Å². The second-order valence-corrected chi connectivity index (χ2v) is 2.55. The quantitative estimate of drug-likeness (QED) is 0.756. The van der Waals surface area contributed by atoms with Gasteiger partial charge in [0, 0.05) is 6.54 Å². The number of hydrogen-bond donors (Lipinski definition) is 1. The van der Waals surface area contributed by atoms with Gasteiger partial charge in [-0.3, -0.25) is 0 Å². The van der Waals surface area contributed by atoms with Crippen LogP contribution in [-0.2, 0) is 0 Å². The fraction of sp³-hybridized carbons (Fsp3) is 0.222. The molecule has 0 aromatic heterocycles. The molecular weight excluding hydrogens is 174 g/mol. The highest BCUT2D eigenvalue weighted by Gasteiger charge is 2.10. The van der Waals surface area contributed by atoms with Gasteiger partial charge in [0.1, 0.15) is 18.1 Å². The van der Waals surface area contributed by atoms with Crippen molar-refractivity contribution in [1.82, 2.24) is 0 Å². The molecule has 4 heteroatoms. The molecule has 0 heterocycles. The van der Waals surface area contributed by atoms with E-state index in [0.29, 0.717) is 0 Å². The molecule has 0 bridgehead atoms. The third kappa shape index (κ3) is 2.01. The second kappa shape index (κ2) is 3.97. The molecule has 0 aliphatic carbocycles. The molecule has 68 valence electrons. The van der Waals surface area contributed by atoms with Gasteiger partial charge >= 0.3 is 0 Å². The van der Waals surface area contributed by atoms with Gasteiger partial charge in [-0.1, -0.05) is 6.07 Å². The zero-order chi connectivity index (χ0) is 9.84. The number of nitrogens with two attached hydrogens (primary N) is 1. The first-order valence-corrected chi connectivity index (χ1v) is 3.72. The summed E-state index contributed by atoms with van der Waals surface area (Å²) in [7, 11) is 0. The van der Waals surface area contributed by atoms with Crippen molar-refractivity contribution in [3.8, 4) is 6.07 Å². The van der Waals surface area contributed by atoms with E-state index in [1.54, 1.807) is 6.07 Å². The van der Waals surface area contributed by atoms with Crippen LogP contribution in [0.3, 0.4) is 0 Å². The molecule has 1 atom stereocenters. The van der Waals surface area contributed by atoms with Crippen molar-refractivity contribution < 1.29 is 8.78 Å². The fourth-order valence-corrected chi connectivity index (χ4v) is 0.959. The third-order valence-electron chi connectivity index (χ3n) is 1.68. The number of alkyl halides is 1. The van der Waals surface area contributed by atoms with E-state index in [9.17, 15) is 8.78 Å². The number of nitrogens with zero attached hydrogens (tertiary/aromatic N) is 1. The fourth-order valence-electron chi connectivity index (χ4n) is 0.959. The van der Waals surface area contributed by atoms with Crippen molar-refractivity contribution in [2.24, 2.45) is 5.73 Å². The molecule has 13 heavy (non-hydrogen) atoms. The highest BCUT2D eigenvalue weighted by Crippen LogP contribution is 2.18. The highest BCUT2D eigenvalue weighted by atomic mass is 19.1. The van der Waals surface area contributed by atoms with E-state index in [-0.39, 0.29) is 17.7 Å². The number of rotatable bonds is 2. The summed E-state index contributed by atoms with van der Waals surface area (Å²) < 4.78 is 25.7. The maximum Gasteiger partial charge on any atom is 0.140 e. The maximum absolute atomic E-state index is 13.0. The van der Waals surface area contributed by atoms with E-state index in [1.807, 2.05) is 0 Å². The van der Waals surface area contributed by atoms with Crippen LogP contribution in [0.1, 0.15) is 17.3 Å². The predicted octanol–water partition coefficient (Wildman–Crippen LogP) is 1.67. The van der Waals surface area contributed by atoms with Crippen molar-refractivity contribution in [2.45, 2.75) is 6.17 Å². The van der Waals surface area contributed by atoms with Gasteiger partial charge in [-0.25, -0.2) is 8.78 Å². The van der Waals surface area contributed by atoms with Gasteiger partial charge in [-0.15, -0.1) is 0 Å². The lowest BCUT2D eigenvalue weighted by atomic mass is 10.1. The summed E-state index contributed by atoms with van der Waals surface area (Å²) in [5.41, 5.74) is 5.16. The molecule has 0 saturated heterocycles. The topological polar surface area (TPSA) is 49.8 Å². The van der Waals surface area contributed by atoms with Crippen LogP contribution in [0.2, 0.25) is 0 Å². The Balaban J connectivity index is 3.08. The van der Waals surface area contributed by atoms with Gasteiger partial charge in [0.05, 0.1) is 5.56 Å². The van der Waals surface area contributed by atoms with Crippen LogP contribution in [0.25, 0.3) is 0 Å². The standard InChI is InChI=1S/C9H8F2N2/c10-8-2-1-6(9(11)5-13)3-7(8)4-12/h1-3,9H,5,13H2. The first kappa shape index (κ1) is 9.62. The Morgan fingerprint density at radius 1 is 1.54 bits per heavy atom. The molecule has 0 aliphatic heterocycles. The van der Waals surface area contributed by atoms with Crippen LogP contribution in [-0.4, -0.2) is 6.54 Å². The summed E-state index contributed by atoms with van der Waals surface area (Å²) in [4.78, 5) is 0. The summed E-state index contributed by atoms with van der Waals surface area (Å²) in [5, 5.41) is 8.45. The van der Waals surface area contributed by atoms with Crippen LogP contribution in [0.15, 0.2) is 18.2 Å². The molecule has 0 saturated carbocycles. The van der Waals surface area contributed by atoms with Gasteiger partial charge < -0.3 is 5.73 Å². The van der Waals surface area contributed by atoms with Gasteiger partial charge in [0.25, 0.3) is 0 Å². The molecule has 0 amide bonds. The lowest BCUT2D eigenvalue weighted by Crippen LogP contribution is -2.07. The summed E-state index contributed by atoms with van der Waals surface area (Å²) in [6, 6.07) is 5.16. The third-order valence-corrected chi connectivity index (χ3v) is 1.68. The van der Waals surface area contributed by atoms with E-state index in [1.165, 1.54) is 12.1 Å². The summed E-state index contributed by atoms with van der Waals surface area (Å²) in [5.74, 6) is -0.643. The number of hydrogen-bond acceptors (Lipinski definition) is 2. The number of benzene rings is 1. The molecule has 1 rings (SSSR count). The van der Waals surface area contributed by atoms with Crippen molar-refractivity contribution in [3.05, 3.63) is 35.1 Å². The Bertz CT molecular complexity index is 344.